The molecule has 2 aliphatic rings. The van der Waals surface area contributed by atoms with Crippen LogP contribution in [-0.2, 0) is 4.79 Å². The van der Waals surface area contributed by atoms with Crippen molar-refractivity contribution >= 4 is 5.91 Å². The van der Waals surface area contributed by atoms with Gasteiger partial charge in [-0.1, -0.05) is 0 Å². The van der Waals surface area contributed by atoms with Crippen LogP contribution < -0.4 is 5.32 Å². The largest absolute Gasteiger partial charge is 0.356 e. The fourth-order valence-electron chi connectivity index (χ4n) is 2.37. The van der Waals surface area contributed by atoms with Crippen LogP contribution >= 0.6 is 0 Å². The van der Waals surface area contributed by atoms with Gasteiger partial charge in [0.1, 0.15) is 11.6 Å². The van der Waals surface area contributed by atoms with Gasteiger partial charge in [-0.05, 0) is 54.9 Å². The summed E-state index contributed by atoms with van der Waals surface area (Å²) in [7, 11) is 0. The molecule has 0 aliphatic heterocycles. The van der Waals surface area contributed by atoms with Crippen LogP contribution in [0.15, 0.2) is 18.2 Å². The average molecular weight is 251 g/mol. The number of amides is 1. The Labute approximate surface area is 104 Å². The number of hydrogen-bond donors (Lipinski definition) is 1. The van der Waals surface area contributed by atoms with Crippen LogP contribution in [-0.4, -0.2) is 12.5 Å². The van der Waals surface area contributed by atoms with E-state index in [0.29, 0.717) is 12.1 Å². The van der Waals surface area contributed by atoms with Crippen LogP contribution in [0.2, 0.25) is 0 Å². The molecule has 3 rings (SSSR count). The first-order valence-corrected chi connectivity index (χ1v) is 6.38. The van der Waals surface area contributed by atoms with Crippen molar-refractivity contribution < 1.29 is 13.6 Å². The number of hydrogen-bond acceptors (Lipinski definition) is 1. The minimum absolute atomic E-state index is 0.0557. The standard InChI is InChI=1S/C14H15F2NO/c15-10-3-4-13(16)12(6-10)11-5-9(11)7-17-14(18)8-1-2-8/h3-4,6,8-9,11H,1-2,5,7H2,(H,17,18)/t9-,11+/m0/s1. The second-order valence-electron chi connectivity index (χ2n) is 5.29. The Kier molecular flexibility index (Phi) is 2.80. The molecule has 2 fully saturated rings. The number of rotatable bonds is 4. The lowest BCUT2D eigenvalue weighted by atomic mass is 10.1. The van der Waals surface area contributed by atoms with Gasteiger partial charge in [0.25, 0.3) is 0 Å². The van der Waals surface area contributed by atoms with Crippen molar-refractivity contribution in [1.82, 2.24) is 5.32 Å². The molecule has 0 saturated heterocycles. The van der Waals surface area contributed by atoms with Gasteiger partial charge in [-0.15, -0.1) is 0 Å². The summed E-state index contributed by atoms with van der Waals surface area (Å²) in [6.45, 7) is 0.579. The van der Waals surface area contributed by atoms with E-state index in [9.17, 15) is 13.6 Å². The topological polar surface area (TPSA) is 29.1 Å². The lowest BCUT2D eigenvalue weighted by Crippen LogP contribution is -2.27. The van der Waals surface area contributed by atoms with Crippen molar-refractivity contribution in [3.05, 3.63) is 35.4 Å². The van der Waals surface area contributed by atoms with Gasteiger partial charge >= 0.3 is 0 Å². The number of nitrogens with one attached hydrogen (secondary N) is 1. The Morgan fingerprint density at radius 2 is 2.11 bits per heavy atom. The molecular weight excluding hydrogens is 236 g/mol. The first-order chi connectivity index (χ1) is 8.65. The summed E-state index contributed by atoms with van der Waals surface area (Å²) in [5, 5.41) is 2.89. The Morgan fingerprint density at radius 3 is 2.83 bits per heavy atom. The van der Waals surface area contributed by atoms with Crippen LogP contribution in [0.4, 0.5) is 8.78 Å². The summed E-state index contributed by atoms with van der Waals surface area (Å²) in [4.78, 5) is 11.5. The Hall–Kier alpha value is -1.45. The molecule has 0 bridgehead atoms. The van der Waals surface area contributed by atoms with E-state index in [4.69, 9.17) is 0 Å². The summed E-state index contributed by atoms with van der Waals surface area (Å²) in [5.74, 6) is -0.130. The summed E-state index contributed by atoms with van der Waals surface area (Å²) in [6, 6.07) is 3.57. The van der Waals surface area contributed by atoms with Gasteiger partial charge in [-0.25, -0.2) is 8.78 Å². The van der Waals surface area contributed by atoms with Crippen molar-refractivity contribution in [2.75, 3.05) is 6.54 Å². The molecule has 2 nitrogen and oxygen atoms in total. The third-order valence-corrected chi connectivity index (χ3v) is 3.77. The van der Waals surface area contributed by atoms with Gasteiger partial charge in [-0.3, -0.25) is 4.79 Å². The summed E-state index contributed by atoms with van der Waals surface area (Å²) < 4.78 is 26.6. The summed E-state index contributed by atoms with van der Waals surface area (Å²) >= 11 is 0. The molecule has 0 heterocycles. The molecule has 1 aromatic carbocycles. The maximum atomic E-state index is 13.5. The zero-order chi connectivity index (χ0) is 12.7. The molecule has 1 aromatic rings. The minimum Gasteiger partial charge on any atom is -0.356 e. The zero-order valence-electron chi connectivity index (χ0n) is 9.96. The van der Waals surface area contributed by atoms with Crippen molar-refractivity contribution in [2.24, 2.45) is 11.8 Å². The minimum atomic E-state index is -0.404. The van der Waals surface area contributed by atoms with Crippen LogP contribution in [0.3, 0.4) is 0 Å². The van der Waals surface area contributed by atoms with Crippen molar-refractivity contribution in [1.29, 1.82) is 0 Å². The molecule has 2 saturated carbocycles. The third kappa shape index (κ3) is 2.37. The molecular formula is C14H15F2NO. The highest BCUT2D eigenvalue weighted by atomic mass is 19.1. The number of carbonyl (C=O) groups is 1. The van der Waals surface area contributed by atoms with Crippen molar-refractivity contribution in [3.8, 4) is 0 Å². The van der Waals surface area contributed by atoms with Gasteiger partial charge in [0.05, 0.1) is 0 Å². The maximum Gasteiger partial charge on any atom is 0.223 e. The highest BCUT2D eigenvalue weighted by Gasteiger charge is 2.40. The number of halogens is 2. The van der Waals surface area contributed by atoms with Crippen molar-refractivity contribution in [3.63, 3.8) is 0 Å². The average Bonchev–Trinajstić information content (AvgIpc) is 3.23. The van der Waals surface area contributed by atoms with E-state index in [1.807, 2.05) is 0 Å². The molecule has 18 heavy (non-hydrogen) atoms. The molecule has 2 atom stereocenters. The van der Waals surface area contributed by atoms with E-state index >= 15 is 0 Å². The predicted octanol–water partition coefficient (Wildman–Crippen LogP) is 2.59. The van der Waals surface area contributed by atoms with Gasteiger partial charge in [-0.2, -0.15) is 0 Å². The van der Waals surface area contributed by atoms with Crippen LogP contribution in [0.1, 0.15) is 30.7 Å². The molecule has 0 unspecified atom stereocenters. The molecule has 0 aromatic heterocycles. The molecule has 4 heteroatoms. The number of benzene rings is 1. The zero-order valence-corrected chi connectivity index (χ0v) is 9.96. The highest BCUT2D eigenvalue weighted by molar-refractivity contribution is 5.80. The quantitative estimate of drug-likeness (QED) is 0.875. The van der Waals surface area contributed by atoms with E-state index < -0.39 is 5.82 Å². The molecule has 0 radical (unpaired) electrons. The smallest absolute Gasteiger partial charge is 0.223 e. The number of carbonyl (C=O) groups excluding carboxylic acids is 1. The molecule has 1 amide bonds. The van der Waals surface area contributed by atoms with E-state index in [-0.39, 0.29) is 29.5 Å². The second-order valence-corrected chi connectivity index (χ2v) is 5.29. The third-order valence-electron chi connectivity index (χ3n) is 3.77. The lowest BCUT2D eigenvalue weighted by Gasteiger charge is -2.05. The van der Waals surface area contributed by atoms with Gasteiger partial charge in [0, 0.05) is 12.5 Å². The van der Waals surface area contributed by atoms with Gasteiger partial charge in [0.15, 0.2) is 0 Å². The van der Waals surface area contributed by atoms with E-state index in [2.05, 4.69) is 5.32 Å². The van der Waals surface area contributed by atoms with Crippen LogP contribution in [0.5, 0.6) is 0 Å². The second kappa shape index (κ2) is 4.34. The Bertz CT molecular complexity index is 485. The van der Waals surface area contributed by atoms with Gasteiger partial charge < -0.3 is 5.32 Å². The van der Waals surface area contributed by atoms with Crippen molar-refractivity contribution in [2.45, 2.75) is 25.2 Å². The predicted molar refractivity (Wildman–Crippen MR) is 62.9 cm³/mol. The Balaban J connectivity index is 1.56. The lowest BCUT2D eigenvalue weighted by molar-refractivity contribution is -0.122. The highest BCUT2D eigenvalue weighted by Crippen LogP contribution is 2.48. The first kappa shape index (κ1) is 11.6. The summed E-state index contributed by atoms with van der Waals surface area (Å²) in [6.07, 6.45) is 2.79. The molecule has 0 spiro atoms. The molecule has 1 N–H and O–H groups in total. The van der Waals surface area contributed by atoms with Crippen LogP contribution in [0, 0.1) is 23.5 Å². The van der Waals surface area contributed by atoms with Crippen LogP contribution in [0.25, 0.3) is 0 Å². The molecule has 2 aliphatic carbocycles. The Morgan fingerprint density at radius 1 is 1.33 bits per heavy atom. The normalized spacial score (nSPS) is 25.9. The first-order valence-electron chi connectivity index (χ1n) is 6.38. The monoisotopic (exact) mass is 251 g/mol. The van der Waals surface area contributed by atoms with E-state index in [1.54, 1.807) is 0 Å². The fraction of sp³-hybridized carbons (Fsp3) is 0.500. The maximum absolute atomic E-state index is 13.5. The fourth-order valence-corrected chi connectivity index (χ4v) is 2.37. The summed E-state index contributed by atoms with van der Waals surface area (Å²) in [5.41, 5.74) is 0.445. The van der Waals surface area contributed by atoms with E-state index in [1.165, 1.54) is 12.1 Å². The SMILES string of the molecule is O=C(NC[C@@H]1C[C@H]1c1cc(F)ccc1F)C1CC1. The molecule has 96 valence electrons. The van der Waals surface area contributed by atoms with E-state index in [0.717, 1.165) is 25.3 Å². The van der Waals surface area contributed by atoms with Gasteiger partial charge in [0.2, 0.25) is 5.91 Å².